The van der Waals surface area contributed by atoms with Crippen molar-refractivity contribution in [3.63, 3.8) is 0 Å². The molecule has 0 saturated heterocycles. The van der Waals surface area contributed by atoms with Gasteiger partial charge < -0.3 is 15.7 Å². The highest BCUT2D eigenvalue weighted by Gasteiger charge is 2.33. The average Bonchev–Trinajstić information content (AvgIpc) is 2.84. The number of rotatable bonds is 10. The molecule has 1 heterocycles. The number of nitrogens with zero attached hydrogens (tertiary/aromatic N) is 1. The number of benzene rings is 2. The molecule has 1 amide bonds. The van der Waals surface area contributed by atoms with Crippen molar-refractivity contribution in [3.8, 4) is 11.1 Å². The van der Waals surface area contributed by atoms with Gasteiger partial charge in [0, 0.05) is 35.8 Å². The Bertz CT molecular complexity index is 1230. The number of hydrogen-bond donors (Lipinski definition) is 3. The van der Waals surface area contributed by atoms with Crippen LogP contribution >= 0.6 is 11.8 Å². The molecule has 3 rings (SSSR count). The summed E-state index contributed by atoms with van der Waals surface area (Å²) in [5, 5.41) is 15.1. The van der Waals surface area contributed by atoms with Crippen LogP contribution in [0.25, 0.3) is 11.1 Å². The Hall–Kier alpha value is -3.53. The van der Waals surface area contributed by atoms with Crippen molar-refractivity contribution >= 4 is 29.3 Å². The maximum Gasteiger partial charge on any atom is 0.416 e. The van der Waals surface area contributed by atoms with E-state index in [9.17, 15) is 27.9 Å². The molecule has 3 N–H and O–H groups in total. The molecule has 0 aliphatic carbocycles. The van der Waals surface area contributed by atoms with Gasteiger partial charge in [0.15, 0.2) is 0 Å². The molecule has 1 atom stereocenters. The van der Waals surface area contributed by atoms with E-state index in [1.165, 1.54) is 18.0 Å². The number of halogens is 3. The monoisotopic (exact) mass is 517 g/mol. The van der Waals surface area contributed by atoms with E-state index in [4.69, 9.17) is 0 Å². The normalized spacial score (nSPS) is 12.1. The number of aryl methyl sites for hydroxylation is 1. The molecule has 0 bridgehead atoms. The van der Waals surface area contributed by atoms with Crippen LogP contribution in [0.3, 0.4) is 0 Å². The molecule has 6 nitrogen and oxygen atoms in total. The topological polar surface area (TPSA) is 91.3 Å². The number of alkyl halides is 3. The fourth-order valence-electron chi connectivity index (χ4n) is 3.72. The fraction of sp³-hybridized carbons (Fsp3) is 0.269. The van der Waals surface area contributed by atoms with Gasteiger partial charge in [-0.05, 0) is 66.3 Å². The molecular formula is C26H26F3N3O3S. The Balaban J connectivity index is 1.94. The van der Waals surface area contributed by atoms with Gasteiger partial charge in [0.05, 0.1) is 5.56 Å². The lowest BCUT2D eigenvalue weighted by molar-refractivity contribution is -0.139. The number of carbonyl (C=O) groups excluding carboxylic acids is 1. The van der Waals surface area contributed by atoms with Crippen LogP contribution in [0.2, 0.25) is 0 Å². The predicted octanol–water partition coefficient (Wildman–Crippen LogP) is 5.62. The summed E-state index contributed by atoms with van der Waals surface area (Å²) in [6.07, 6.45) is -0.120. The van der Waals surface area contributed by atoms with Crippen molar-refractivity contribution in [2.75, 3.05) is 17.3 Å². The van der Waals surface area contributed by atoms with Crippen LogP contribution in [0.1, 0.15) is 33.5 Å². The summed E-state index contributed by atoms with van der Waals surface area (Å²) in [6, 6.07) is 12.1. The number of amides is 1. The maximum absolute atomic E-state index is 13.3. The number of hydrogen-bond acceptors (Lipinski definition) is 5. The van der Waals surface area contributed by atoms with Crippen molar-refractivity contribution in [1.82, 2.24) is 10.3 Å². The van der Waals surface area contributed by atoms with Crippen LogP contribution in [0.4, 0.5) is 18.9 Å². The summed E-state index contributed by atoms with van der Waals surface area (Å²) >= 11 is 1.48. The molecule has 0 aliphatic heterocycles. The molecule has 3 aromatic rings. The zero-order valence-corrected chi connectivity index (χ0v) is 20.5. The zero-order valence-electron chi connectivity index (χ0n) is 19.7. The molecule has 0 aliphatic rings. The third kappa shape index (κ3) is 6.78. The van der Waals surface area contributed by atoms with Crippen LogP contribution in [0.5, 0.6) is 0 Å². The van der Waals surface area contributed by atoms with Gasteiger partial charge in [-0.25, -0.2) is 4.79 Å². The summed E-state index contributed by atoms with van der Waals surface area (Å²) in [5.41, 5.74) is 2.15. The highest BCUT2D eigenvalue weighted by atomic mass is 32.2. The Labute approximate surface area is 211 Å². The van der Waals surface area contributed by atoms with Gasteiger partial charge in [0.2, 0.25) is 0 Å². The molecule has 1 aromatic heterocycles. The predicted molar refractivity (Wildman–Crippen MR) is 135 cm³/mol. The minimum absolute atomic E-state index is 0.0117. The van der Waals surface area contributed by atoms with Crippen LogP contribution in [-0.2, 0) is 17.5 Å². The second-order valence-electron chi connectivity index (χ2n) is 8.11. The van der Waals surface area contributed by atoms with E-state index in [1.54, 1.807) is 18.2 Å². The average molecular weight is 518 g/mol. The van der Waals surface area contributed by atoms with E-state index >= 15 is 0 Å². The second-order valence-corrected chi connectivity index (χ2v) is 9.09. The highest BCUT2D eigenvalue weighted by molar-refractivity contribution is 7.98. The molecule has 0 saturated carbocycles. The number of carboxylic acid groups (broad SMARTS) is 1. The van der Waals surface area contributed by atoms with Crippen molar-refractivity contribution in [2.24, 2.45) is 0 Å². The largest absolute Gasteiger partial charge is 0.480 e. The molecule has 0 unspecified atom stereocenters. The number of carboxylic acids is 1. The SMILES string of the molecule is CSCC[C@H](NC(=O)c1ccc(NCc2cnccc2C(F)(F)F)cc1-c1ccccc1C)C(=O)O. The van der Waals surface area contributed by atoms with E-state index in [1.807, 2.05) is 37.4 Å². The Morgan fingerprint density at radius 1 is 1.11 bits per heavy atom. The lowest BCUT2D eigenvalue weighted by atomic mass is 9.94. The molecule has 190 valence electrons. The first-order valence-corrected chi connectivity index (χ1v) is 12.5. The van der Waals surface area contributed by atoms with Gasteiger partial charge in [-0.15, -0.1) is 0 Å². The van der Waals surface area contributed by atoms with Crippen molar-refractivity contribution < 1.29 is 27.9 Å². The first-order chi connectivity index (χ1) is 17.1. The van der Waals surface area contributed by atoms with E-state index in [0.29, 0.717) is 17.0 Å². The maximum atomic E-state index is 13.3. The van der Waals surface area contributed by atoms with Crippen LogP contribution in [0, 0.1) is 6.92 Å². The summed E-state index contributed by atoms with van der Waals surface area (Å²) < 4.78 is 40.0. The minimum atomic E-state index is -4.51. The Kier molecular flexibility index (Phi) is 8.98. The smallest absolute Gasteiger partial charge is 0.416 e. The van der Waals surface area contributed by atoms with Crippen LogP contribution in [-0.4, -0.2) is 40.0 Å². The summed E-state index contributed by atoms with van der Waals surface area (Å²) in [5.74, 6) is -1.09. The first-order valence-electron chi connectivity index (χ1n) is 11.1. The molecule has 36 heavy (non-hydrogen) atoms. The highest BCUT2D eigenvalue weighted by Crippen LogP contribution is 2.33. The van der Waals surface area contributed by atoms with Gasteiger partial charge in [0.25, 0.3) is 5.91 Å². The lowest BCUT2D eigenvalue weighted by Crippen LogP contribution is -2.41. The van der Waals surface area contributed by atoms with Gasteiger partial charge in [-0.1, -0.05) is 24.3 Å². The van der Waals surface area contributed by atoms with Gasteiger partial charge in [0.1, 0.15) is 6.04 Å². The molecule has 0 radical (unpaired) electrons. The standard InChI is InChI=1S/C26H26F3N3O3S/c1-16-5-3-4-6-19(16)21-13-18(31-15-17-14-30-11-9-22(17)26(27,28)29)7-8-20(21)24(33)32-23(25(34)35)10-12-36-2/h3-9,11,13-14,23,31H,10,12,15H2,1-2H3,(H,32,33)(H,34,35)/t23-/m0/s1. The number of thioether (sulfide) groups is 1. The van der Waals surface area contributed by atoms with Gasteiger partial charge >= 0.3 is 12.1 Å². The van der Waals surface area contributed by atoms with Crippen molar-refractivity contribution in [2.45, 2.75) is 32.1 Å². The van der Waals surface area contributed by atoms with Gasteiger partial charge in [-0.3, -0.25) is 9.78 Å². The minimum Gasteiger partial charge on any atom is -0.480 e. The quantitative estimate of drug-likeness (QED) is 0.323. The second kappa shape index (κ2) is 11.9. The molecule has 0 spiro atoms. The van der Waals surface area contributed by atoms with Gasteiger partial charge in [-0.2, -0.15) is 24.9 Å². The zero-order chi connectivity index (χ0) is 26.3. The molecular weight excluding hydrogens is 491 g/mol. The number of carbonyl (C=O) groups is 2. The number of pyridine rings is 1. The Morgan fingerprint density at radius 2 is 1.86 bits per heavy atom. The molecule has 0 fully saturated rings. The number of aliphatic carboxylic acids is 1. The van der Waals surface area contributed by atoms with Crippen molar-refractivity contribution in [3.05, 3.63) is 83.2 Å². The van der Waals surface area contributed by atoms with Crippen LogP contribution in [0.15, 0.2) is 60.9 Å². The van der Waals surface area contributed by atoms with E-state index in [2.05, 4.69) is 15.6 Å². The van der Waals surface area contributed by atoms with Crippen molar-refractivity contribution in [1.29, 1.82) is 0 Å². The van der Waals surface area contributed by atoms with E-state index in [0.717, 1.165) is 23.4 Å². The molecule has 2 aromatic carbocycles. The van der Waals surface area contributed by atoms with E-state index < -0.39 is 29.7 Å². The fourth-order valence-corrected chi connectivity index (χ4v) is 4.19. The first kappa shape index (κ1) is 27.1. The lowest BCUT2D eigenvalue weighted by Gasteiger charge is -2.18. The Morgan fingerprint density at radius 3 is 2.53 bits per heavy atom. The third-order valence-electron chi connectivity index (χ3n) is 5.61. The number of nitrogens with one attached hydrogen (secondary N) is 2. The number of anilines is 1. The third-order valence-corrected chi connectivity index (χ3v) is 6.25. The van der Waals surface area contributed by atoms with E-state index in [-0.39, 0.29) is 24.1 Å². The van der Waals surface area contributed by atoms with Crippen LogP contribution < -0.4 is 10.6 Å². The summed E-state index contributed by atoms with van der Waals surface area (Å²) in [7, 11) is 0. The summed E-state index contributed by atoms with van der Waals surface area (Å²) in [6.45, 7) is 1.75. The summed E-state index contributed by atoms with van der Waals surface area (Å²) in [4.78, 5) is 28.6. The number of aromatic nitrogens is 1. The molecule has 10 heteroatoms.